The van der Waals surface area contributed by atoms with Crippen molar-refractivity contribution >= 4 is 0 Å². The fourth-order valence-corrected chi connectivity index (χ4v) is 0.617. The number of nitrogens with zero attached hydrogens (tertiary/aromatic N) is 2. The molecule has 0 aliphatic carbocycles. The van der Waals surface area contributed by atoms with Gasteiger partial charge in [0.1, 0.15) is 0 Å². The summed E-state index contributed by atoms with van der Waals surface area (Å²) in [6, 6.07) is 3.74. The Kier molecular flexibility index (Phi) is 2.83. The van der Waals surface area contributed by atoms with Crippen LogP contribution in [0.25, 0.3) is 0 Å². The van der Waals surface area contributed by atoms with Crippen molar-refractivity contribution < 1.29 is 4.74 Å². The van der Waals surface area contributed by atoms with Crippen molar-refractivity contribution in [1.82, 2.24) is 10.2 Å². The Morgan fingerprint density at radius 3 is 3.10 bits per heavy atom. The summed E-state index contributed by atoms with van der Waals surface area (Å²) >= 11 is 0. The summed E-state index contributed by atoms with van der Waals surface area (Å²) < 4.78 is 5.12. The van der Waals surface area contributed by atoms with Gasteiger partial charge in [0.15, 0.2) is 0 Å². The average Bonchev–Trinajstić information content (AvgIpc) is 2.03. The monoisotopic (exact) mass is 138 g/mol. The molecule has 0 spiro atoms. The van der Waals surface area contributed by atoms with Crippen LogP contribution in [0.4, 0.5) is 0 Å². The zero-order valence-electron chi connectivity index (χ0n) is 5.95. The average molecular weight is 138 g/mol. The molecule has 1 heterocycles. The molecule has 0 amide bonds. The van der Waals surface area contributed by atoms with Crippen molar-refractivity contribution in [3.05, 3.63) is 24.0 Å². The summed E-state index contributed by atoms with van der Waals surface area (Å²) in [4.78, 5) is 0. The Hall–Kier alpha value is -0.960. The minimum Gasteiger partial charge on any atom is -0.375 e. The Bertz CT molecular complexity index is 176. The van der Waals surface area contributed by atoms with E-state index in [0.29, 0.717) is 6.61 Å². The van der Waals surface area contributed by atoms with Crippen LogP contribution in [0.5, 0.6) is 0 Å². The molecule has 0 saturated heterocycles. The molecule has 0 N–H and O–H groups in total. The van der Waals surface area contributed by atoms with Gasteiger partial charge in [-0.25, -0.2) is 0 Å². The first-order valence-corrected chi connectivity index (χ1v) is 3.28. The molecule has 1 aromatic rings. The fraction of sp³-hybridized carbons (Fsp3) is 0.429. The van der Waals surface area contributed by atoms with E-state index in [1.807, 2.05) is 19.1 Å². The van der Waals surface area contributed by atoms with Crippen LogP contribution >= 0.6 is 0 Å². The molecule has 0 saturated carbocycles. The van der Waals surface area contributed by atoms with Gasteiger partial charge < -0.3 is 4.74 Å². The van der Waals surface area contributed by atoms with E-state index in [2.05, 4.69) is 10.2 Å². The molecular weight excluding hydrogens is 128 g/mol. The highest BCUT2D eigenvalue weighted by Crippen LogP contribution is 1.92. The number of aromatic nitrogens is 2. The minimum absolute atomic E-state index is 0.560. The second-order valence-corrected chi connectivity index (χ2v) is 1.85. The first-order valence-electron chi connectivity index (χ1n) is 3.28. The van der Waals surface area contributed by atoms with Gasteiger partial charge in [0.2, 0.25) is 0 Å². The predicted octanol–water partition coefficient (Wildman–Crippen LogP) is 1.01. The molecular formula is C7H10N2O. The van der Waals surface area contributed by atoms with Gasteiger partial charge in [-0.05, 0) is 19.1 Å². The van der Waals surface area contributed by atoms with Gasteiger partial charge in [0, 0.05) is 12.8 Å². The van der Waals surface area contributed by atoms with Crippen molar-refractivity contribution in [2.24, 2.45) is 0 Å². The molecule has 0 aliphatic heterocycles. The van der Waals surface area contributed by atoms with E-state index in [9.17, 15) is 0 Å². The lowest BCUT2D eigenvalue weighted by molar-refractivity contribution is 0.130. The van der Waals surface area contributed by atoms with Crippen molar-refractivity contribution in [2.75, 3.05) is 6.61 Å². The van der Waals surface area contributed by atoms with Crippen LogP contribution in [0.2, 0.25) is 0 Å². The van der Waals surface area contributed by atoms with Crippen LogP contribution in [-0.4, -0.2) is 16.8 Å². The van der Waals surface area contributed by atoms with E-state index < -0.39 is 0 Å². The molecule has 0 bridgehead atoms. The predicted molar refractivity (Wildman–Crippen MR) is 37.4 cm³/mol. The largest absolute Gasteiger partial charge is 0.375 e. The number of hydrogen-bond donors (Lipinski definition) is 0. The molecule has 1 rings (SSSR count). The molecule has 3 nitrogen and oxygen atoms in total. The number of hydrogen-bond acceptors (Lipinski definition) is 3. The van der Waals surface area contributed by atoms with E-state index in [0.717, 1.165) is 12.3 Å². The maximum Gasteiger partial charge on any atom is 0.0906 e. The maximum atomic E-state index is 5.12. The van der Waals surface area contributed by atoms with Gasteiger partial charge in [0.25, 0.3) is 0 Å². The minimum atomic E-state index is 0.560. The zero-order valence-corrected chi connectivity index (χ0v) is 5.95. The van der Waals surface area contributed by atoms with E-state index in [4.69, 9.17) is 4.74 Å². The SMILES string of the molecule is CCOCc1cccnn1. The standard InChI is InChI=1S/C7H10N2O/c1-2-10-6-7-4-3-5-8-9-7/h3-5H,2,6H2,1H3. The second kappa shape index (κ2) is 3.95. The second-order valence-electron chi connectivity index (χ2n) is 1.85. The van der Waals surface area contributed by atoms with Crippen molar-refractivity contribution in [3.63, 3.8) is 0 Å². The van der Waals surface area contributed by atoms with Gasteiger partial charge in [-0.2, -0.15) is 10.2 Å². The smallest absolute Gasteiger partial charge is 0.0906 e. The summed E-state index contributed by atoms with van der Waals surface area (Å²) in [6.07, 6.45) is 1.65. The summed E-state index contributed by atoms with van der Waals surface area (Å²) in [6.45, 7) is 3.23. The molecule has 0 aliphatic rings. The van der Waals surface area contributed by atoms with Gasteiger partial charge in [-0.15, -0.1) is 0 Å². The van der Waals surface area contributed by atoms with Crippen molar-refractivity contribution in [3.8, 4) is 0 Å². The third-order valence-corrected chi connectivity index (χ3v) is 1.08. The first-order chi connectivity index (χ1) is 4.93. The Balaban J connectivity index is 2.43. The van der Waals surface area contributed by atoms with Crippen LogP contribution in [0.1, 0.15) is 12.6 Å². The van der Waals surface area contributed by atoms with Crippen LogP contribution in [-0.2, 0) is 11.3 Å². The van der Waals surface area contributed by atoms with Gasteiger partial charge in [0.05, 0.1) is 12.3 Å². The van der Waals surface area contributed by atoms with E-state index in [1.165, 1.54) is 0 Å². The third kappa shape index (κ3) is 2.11. The van der Waals surface area contributed by atoms with Gasteiger partial charge in [-0.3, -0.25) is 0 Å². The number of ether oxygens (including phenoxy) is 1. The molecule has 10 heavy (non-hydrogen) atoms. The maximum absolute atomic E-state index is 5.12. The van der Waals surface area contributed by atoms with E-state index in [-0.39, 0.29) is 0 Å². The lowest BCUT2D eigenvalue weighted by atomic mass is 10.4. The topological polar surface area (TPSA) is 35.0 Å². The Morgan fingerprint density at radius 1 is 1.60 bits per heavy atom. The number of rotatable bonds is 3. The molecule has 1 aromatic heterocycles. The quantitative estimate of drug-likeness (QED) is 0.625. The highest BCUT2D eigenvalue weighted by molar-refractivity contribution is 4.96. The summed E-state index contributed by atoms with van der Waals surface area (Å²) in [5.41, 5.74) is 0.879. The highest BCUT2D eigenvalue weighted by Gasteiger charge is 1.89. The Labute approximate surface area is 60.0 Å². The molecule has 3 heteroatoms. The van der Waals surface area contributed by atoms with Gasteiger partial charge >= 0.3 is 0 Å². The van der Waals surface area contributed by atoms with Crippen LogP contribution < -0.4 is 0 Å². The molecule has 54 valence electrons. The summed E-state index contributed by atoms with van der Waals surface area (Å²) in [5.74, 6) is 0. The zero-order chi connectivity index (χ0) is 7.23. The summed E-state index contributed by atoms with van der Waals surface area (Å²) in [5, 5.41) is 7.55. The van der Waals surface area contributed by atoms with Crippen LogP contribution in [0.15, 0.2) is 18.3 Å². The first kappa shape index (κ1) is 7.15. The van der Waals surface area contributed by atoms with Crippen molar-refractivity contribution in [1.29, 1.82) is 0 Å². The summed E-state index contributed by atoms with van der Waals surface area (Å²) in [7, 11) is 0. The Morgan fingerprint density at radius 2 is 2.50 bits per heavy atom. The van der Waals surface area contributed by atoms with E-state index >= 15 is 0 Å². The van der Waals surface area contributed by atoms with Crippen LogP contribution in [0.3, 0.4) is 0 Å². The van der Waals surface area contributed by atoms with Crippen LogP contribution in [0, 0.1) is 0 Å². The normalized spacial score (nSPS) is 9.70. The molecule has 0 unspecified atom stereocenters. The van der Waals surface area contributed by atoms with Crippen molar-refractivity contribution in [2.45, 2.75) is 13.5 Å². The molecule has 0 atom stereocenters. The lowest BCUT2D eigenvalue weighted by Gasteiger charge is -1.96. The third-order valence-electron chi connectivity index (χ3n) is 1.08. The molecule has 0 aromatic carbocycles. The highest BCUT2D eigenvalue weighted by atomic mass is 16.5. The fourth-order valence-electron chi connectivity index (χ4n) is 0.617. The lowest BCUT2D eigenvalue weighted by Crippen LogP contribution is -1.95. The van der Waals surface area contributed by atoms with Gasteiger partial charge in [-0.1, -0.05) is 0 Å². The van der Waals surface area contributed by atoms with E-state index in [1.54, 1.807) is 6.20 Å². The molecule has 0 fully saturated rings. The molecule has 0 radical (unpaired) electrons.